The molecule has 2 fully saturated rings. The van der Waals surface area contributed by atoms with E-state index in [4.69, 9.17) is 5.26 Å². The van der Waals surface area contributed by atoms with Gasteiger partial charge in [-0.1, -0.05) is 0 Å². The van der Waals surface area contributed by atoms with Crippen molar-refractivity contribution in [2.45, 2.75) is 31.7 Å². The first kappa shape index (κ1) is 7.12. The molecule has 0 aromatic carbocycles. The highest BCUT2D eigenvalue weighted by molar-refractivity contribution is 4.92. The van der Waals surface area contributed by atoms with Crippen molar-refractivity contribution in [3.63, 3.8) is 0 Å². The Balaban J connectivity index is 1.80. The molecule has 1 saturated carbocycles. The van der Waals surface area contributed by atoms with Gasteiger partial charge in [-0.2, -0.15) is 5.26 Å². The van der Waals surface area contributed by atoms with Crippen molar-refractivity contribution in [1.82, 2.24) is 4.90 Å². The Kier molecular flexibility index (Phi) is 1.83. The monoisotopic (exact) mass is 150 g/mol. The van der Waals surface area contributed by atoms with Crippen molar-refractivity contribution in [3.05, 3.63) is 0 Å². The van der Waals surface area contributed by atoms with E-state index in [1.165, 1.54) is 25.9 Å². The molecule has 1 aliphatic carbocycles. The molecule has 0 aromatic heterocycles. The van der Waals surface area contributed by atoms with Gasteiger partial charge in [0.25, 0.3) is 0 Å². The van der Waals surface area contributed by atoms with Crippen LogP contribution in [0.2, 0.25) is 0 Å². The Hall–Kier alpha value is -0.550. The third-order valence-electron chi connectivity index (χ3n) is 2.88. The van der Waals surface area contributed by atoms with E-state index >= 15 is 0 Å². The lowest BCUT2D eigenvalue weighted by atomic mass is 9.87. The minimum atomic E-state index is 0.367. The topological polar surface area (TPSA) is 26.8 Å². The fourth-order valence-corrected chi connectivity index (χ4v) is 1.99. The second-order valence-electron chi connectivity index (χ2n) is 3.67. The van der Waals surface area contributed by atoms with Crippen molar-refractivity contribution in [2.24, 2.45) is 5.92 Å². The highest BCUT2D eigenvalue weighted by Crippen LogP contribution is 2.29. The first-order chi connectivity index (χ1) is 5.40. The fraction of sp³-hybridized carbons (Fsp3) is 0.889. The van der Waals surface area contributed by atoms with E-state index in [2.05, 4.69) is 11.0 Å². The van der Waals surface area contributed by atoms with E-state index < -0.39 is 0 Å². The van der Waals surface area contributed by atoms with Crippen LogP contribution in [0.15, 0.2) is 0 Å². The van der Waals surface area contributed by atoms with Crippen molar-refractivity contribution in [2.75, 3.05) is 13.1 Å². The minimum absolute atomic E-state index is 0.367. The summed E-state index contributed by atoms with van der Waals surface area (Å²) in [5, 5.41) is 8.67. The third-order valence-corrected chi connectivity index (χ3v) is 2.88. The van der Waals surface area contributed by atoms with Crippen molar-refractivity contribution >= 4 is 0 Å². The van der Waals surface area contributed by atoms with Crippen LogP contribution in [-0.4, -0.2) is 24.0 Å². The highest BCUT2D eigenvalue weighted by atomic mass is 15.3. The van der Waals surface area contributed by atoms with Crippen LogP contribution in [-0.2, 0) is 0 Å². The van der Waals surface area contributed by atoms with Gasteiger partial charge in [0.2, 0.25) is 0 Å². The van der Waals surface area contributed by atoms with Gasteiger partial charge in [-0.25, -0.2) is 0 Å². The summed E-state index contributed by atoms with van der Waals surface area (Å²) in [6.45, 7) is 2.61. The molecule has 11 heavy (non-hydrogen) atoms. The molecule has 0 spiro atoms. The first-order valence-electron chi connectivity index (χ1n) is 4.54. The number of hydrogen-bond donors (Lipinski definition) is 0. The van der Waals surface area contributed by atoms with Crippen molar-refractivity contribution in [3.8, 4) is 6.07 Å². The van der Waals surface area contributed by atoms with Gasteiger partial charge in [0.05, 0.1) is 6.07 Å². The number of hydrogen-bond acceptors (Lipinski definition) is 2. The summed E-state index contributed by atoms with van der Waals surface area (Å²) in [6, 6.07) is 3.20. The van der Waals surface area contributed by atoms with Gasteiger partial charge >= 0.3 is 0 Å². The van der Waals surface area contributed by atoms with Crippen LogP contribution in [0.5, 0.6) is 0 Å². The van der Waals surface area contributed by atoms with Gasteiger partial charge in [-0.3, -0.25) is 4.90 Å². The Labute approximate surface area is 67.8 Å². The highest BCUT2D eigenvalue weighted by Gasteiger charge is 2.30. The molecule has 2 heteroatoms. The second-order valence-corrected chi connectivity index (χ2v) is 3.67. The number of rotatable bonds is 1. The van der Waals surface area contributed by atoms with Crippen LogP contribution in [0.1, 0.15) is 25.7 Å². The van der Waals surface area contributed by atoms with Crippen LogP contribution in [0.25, 0.3) is 0 Å². The molecule has 0 bridgehead atoms. The fourth-order valence-electron chi connectivity index (χ4n) is 1.99. The van der Waals surface area contributed by atoms with Crippen LogP contribution >= 0.6 is 0 Å². The molecule has 0 atom stereocenters. The summed E-state index contributed by atoms with van der Waals surface area (Å²) < 4.78 is 0. The lowest BCUT2D eigenvalue weighted by molar-refractivity contribution is 0.271. The van der Waals surface area contributed by atoms with Gasteiger partial charge in [0, 0.05) is 25.0 Å². The zero-order valence-corrected chi connectivity index (χ0v) is 6.79. The van der Waals surface area contributed by atoms with Gasteiger partial charge in [-0.15, -0.1) is 0 Å². The first-order valence-corrected chi connectivity index (χ1v) is 4.54. The molecule has 1 saturated heterocycles. The molecule has 1 heterocycles. The molecule has 0 N–H and O–H groups in total. The quantitative estimate of drug-likeness (QED) is 0.528. The van der Waals surface area contributed by atoms with E-state index in [0.717, 1.165) is 18.9 Å². The second kappa shape index (κ2) is 2.83. The smallest absolute Gasteiger partial charge is 0.0655 e. The summed E-state index contributed by atoms with van der Waals surface area (Å²) in [7, 11) is 0. The van der Waals surface area contributed by atoms with Gasteiger partial charge in [0.15, 0.2) is 0 Å². The maximum absolute atomic E-state index is 8.67. The molecule has 2 rings (SSSR count). The summed E-state index contributed by atoms with van der Waals surface area (Å²) in [5.74, 6) is 0.367. The van der Waals surface area contributed by atoms with E-state index in [1.54, 1.807) is 0 Å². The van der Waals surface area contributed by atoms with E-state index in [1.807, 2.05) is 0 Å². The Bertz CT molecular complexity index is 170. The number of nitrogens with zero attached hydrogens (tertiary/aromatic N) is 2. The largest absolute Gasteiger partial charge is 0.298 e. The van der Waals surface area contributed by atoms with Crippen LogP contribution < -0.4 is 0 Å². The molecule has 2 aliphatic rings. The maximum Gasteiger partial charge on any atom is 0.0655 e. The van der Waals surface area contributed by atoms with Gasteiger partial charge in [-0.05, 0) is 25.7 Å². The molecule has 0 radical (unpaired) electrons. The van der Waals surface area contributed by atoms with Crippen LogP contribution in [0, 0.1) is 17.2 Å². The molecule has 60 valence electrons. The van der Waals surface area contributed by atoms with Crippen molar-refractivity contribution < 1.29 is 0 Å². The standard InChI is InChI=1S/C9H14N2/c10-7-8-1-3-9(4-2-8)11-5-6-11/h8-9H,1-6H2. The Morgan fingerprint density at radius 1 is 1.09 bits per heavy atom. The lowest BCUT2D eigenvalue weighted by Gasteiger charge is -2.25. The lowest BCUT2D eigenvalue weighted by Crippen LogP contribution is -2.24. The Morgan fingerprint density at radius 3 is 2.18 bits per heavy atom. The predicted octanol–water partition coefficient (Wildman–Crippen LogP) is 1.38. The molecule has 0 amide bonds. The van der Waals surface area contributed by atoms with Crippen LogP contribution in [0.3, 0.4) is 0 Å². The summed E-state index contributed by atoms with van der Waals surface area (Å²) in [4.78, 5) is 2.52. The SMILES string of the molecule is N#CC1CCC(N2CC2)CC1. The molecule has 0 unspecified atom stereocenters. The van der Waals surface area contributed by atoms with E-state index in [9.17, 15) is 0 Å². The van der Waals surface area contributed by atoms with Crippen molar-refractivity contribution in [1.29, 1.82) is 5.26 Å². The Morgan fingerprint density at radius 2 is 1.73 bits per heavy atom. The zero-order valence-electron chi connectivity index (χ0n) is 6.79. The summed E-state index contributed by atoms with van der Waals surface area (Å²) in [6.07, 6.45) is 4.80. The summed E-state index contributed by atoms with van der Waals surface area (Å²) >= 11 is 0. The molecule has 1 aliphatic heterocycles. The summed E-state index contributed by atoms with van der Waals surface area (Å²) in [5.41, 5.74) is 0. The number of nitriles is 1. The van der Waals surface area contributed by atoms with Gasteiger partial charge in [0.1, 0.15) is 0 Å². The van der Waals surface area contributed by atoms with E-state index in [-0.39, 0.29) is 0 Å². The average molecular weight is 150 g/mol. The average Bonchev–Trinajstić information content (AvgIpc) is 2.87. The van der Waals surface area contributed by atoms with Crippen LogP contribution in [0.4, 0.5) is 0 Å². The zero-order chi connectivity index (χ0) is 7.68. The van der Waals surface area contributed by atoms with Gasteiger partial charge < -0.3 is 0 Å². The molecular weight excluding hydrogens is 136 g/mol. The molecular formula is C9H14N2. The molecule has 0 aromatic rings. The van der Waals surface area contributed by atoms with E-state index in [0.29, 0.717) is 5.92 Å². The minimum Gasteiger partial charge on any atom is -0.298 e. The normalized spacial score (nSPS) is 38.1. The predicted molar refractivity (Wildman–Crippen MR) is 42.9 cm³/mol. The third kappa shape index (κ3) is 1.54. The molecule has 2 nitrogen and oxygen atoms in total. The maximum atomic E-state index is 8.67.